The number of hydrogen-bond acceptors (Lipinski definition) is 4. The van der Waals surface area contributed by atoms with Crippen LogP contribution in [0.5, 0.6) is 0 Å². The molecule has 2 atom stereocenters. The van der Waals surface area contributed by atoms with E-state index >= 15 is 0 Å². The Morgan fingerprint density at radius 2 is 1.11 bits per heavy atom. The van der Waals surface area contributed by atoms with Gasteiger partial charge < -0.3 is 9.47 Å². The zero-order valence-electron chi connectivity index (χ0n) is 18.2. The Bertz CT molecular complexity index is 531. The molecule has 4 nitrogen and oxygen atoms in total. The maximum absolute atomic E-state index is 12.7. The summed E-state index contributed by atoms with van der Waals surface area (Å²) in [5, 5.41) is 0. The standard InChI is InChI=1S/C24H38O4/c1-5-9-11-15-19(7-3)27-23(25)21-17-13-14-18-22(21)24(26)28-20(8-4)16-12-10-6-2/h13-14,17-20H,5-12,15-16H2,1-4H3. The Balaban J connectivity index is 2.78. The lowest BCUT2D eigenvalue weighted by atomic mass is 10.1. The summed E-state index contributed by atoms with van der Waals surface area (Å²) >= 11 is 0. The van der Waals surface area contributed by atoms with Crippen molar-refractivity contribution in [2.24, 2.45) is 0 Å². The van der Waals surface area contributed by atoms with Crippen molar-refractivity contribution in [3.63, 3.8) is 0 Å². The Hall–Kier alpha value is -1.84. The third-order valence-corrected chi connectivity index (χ3v) is 5.08. The van der Waals surface area contributed by atoms with E-state index in [1.807, 2.05) is 13.8 Å². The van der Waals surface area contributed by atoms with Crippen LogP contribution < -0.4 is 0 Å². The molecule has 0 aliphatic carbocycles. The molecule has 1 aromatic rings. The summed E-state index contributed by atoms with van der Waals surface area (Å²) in [6.45, 7) is 8.35. The fraction of sp³-hybridized carbons (Fsp3) is 0.667. The van der Waals surface area contributed by atoms with Crippen LogP contribution in [0.3, 0.4) is 0 Å². The normalized spacial score (nSPS) is 13.0. The van der Waals surface area contributed by atoms with Crippen LogP contribution >= 0.6 is 0 Å². The molecule has 0 fully saturated rings. The third-order valence-electron chi connectivity index (χ3n) is 5.08. The van der Waals surface area contributed by atoms with Crippen LogP contribution in [-0.2, 0) is 9.47 Å². The number of esters is 2. The highest BCUT2D eigenvalue weighted by Gasteiger charge is 2.23. The molecule has 0 spiro atoms. The summed E-state index contributed by atoms with van der Waals surface area (Å²) in [4.78, 5) is 25.4. The van der Waals surface area contributed by atoms with E-state index in [0.717, 1.165) is 64.2 Å². The van der Waals surface area contributed by atoms with E-state index in [2.05, 4.69) is 13.8 Å². The van der Waals surface area contributed by atoms with Crippen LogP contribution in [0.15, 0.2) is 24.3 Å². The maximum Gasteiger partial charge on any atom is 0.339 e. The minimum Gasteiger partial charge on any atom is -0.459 e. The van der Waals surface area contributed by atoms with Crippen molar-refractivity contribution in [2.75, 3.05) is 0 Å². The van der Waals surface area contributed by atoms with Crippen LogP contribution in [0.2, 0.25) is 0 Å². The summed E-state index contributed by atoms with van der Waals surface area (Å²) in [5.41, 5.74) is 0.592. The molecule has 0 saturated carbocycles. The van der Waals surface area contributed by atoms with Gasteiger partial charge in [-0.05, 0) is 50.7 Å². The van der Waals surface area contributed by atoms with Gasteiger partial charge in [-0.2, -0.15) is 0 Å². The van der Waals surface area contributed by atoms with Crippen molar-refractivity contribution in [3.05, 3.63) is 35.4 Å². The minimum absolute atomic E-state index is 0.111. The molecule has 0 saturated heterocycles. The minimum atomic E-state index is -0.435. The van der Waals surface area contributed by atoms with E-state index in [0.29, 0.717) is 11.1 Å². The molecule has 0 aliphatic heterocycles. The molecule has 158 valence electrons. The van der Waals surface area contributed by atoms with Gasteiger partial charge in [-0.25, -0.2) is 9.59 Å². The van der Waals surface area contributed by atoms with Crippen molar-refractivity contribution in [3.8, 4) is 0 Å². The molecule has 1 aromatic carbocycles. The number of benzene rings is 1. The molecule has 28 heavy (non-hydrogen) atoms. The van der Waals surface area contributed by atoms with Gasteiger partial charge in [0.1, 0.15) is 12.2 Å². The predicted octanol–water partition coefficient (Wildman–Crippen LogP) is 6.72. The average Bonchev–Trinajstić information content (AvgIpc) is 2.72. The Morgan fingerprint density at radius 3 is 1.43 bits per heavy atom. The molecule has 0 radical (unpaired) electrons. The Morgan fingerprint density at radius 1 is 0.714 bits per heavy atom. The molecule has 4 heteroatoms. The van der Waals surface area contributed by atoms with Gasteiger partial charge in [0.2, 0.25) is 0 Å². The maximum atomic E-state index is 12.7. The smallest absolute Gasteiger partial charge is 0.339 e. The second-order valence-electron chi connectivity index (χ2n) is 7.41. The lowest BCUT2D eigenvalue weighted by molar-refractivity contribution is 0.0219. The quantitative estimate of drug-likeness (QED) is 0.261. The molecular weight excluding hydrogens is 352 g/mol. The highest BCUT2D eigenvalue weighted by atomic mass is 16.5. The Kier molecular flexibility index (Phi) is 12.3. The van der Waals surface area contributed by atoms with Crippen LogP contribution in [0, 0.1) is 0 Å². The third kappa shape index (κ3) is 8.45. The fourth-order valence-electron chi connectivity index (χ4n) is 3.21. The largest absolute Gasteiger partial charge is 0.459 e. The first-order valence-electron chi connectivity index (χ1n) is 11.1. The molecule has 0 bridgehead atoms. The summed E-state index contributed by atoms with van der Waals surface area (Å²) in [6, 6.07) is 6.80. The first-order chi connectivity index (χ1) is 13.6. The van der Waals surface area contributed by atoms with E-state index < -0.39 is 11.9 Å². The van der Waals surface area contributed by atoms with Gasteiger partial charge in [0.15, 0.2) is 0 Å². The average molecular weight is 391 g/mol. The van der Waals surface area contributed by atoms with Gasteiger partial charge in [-0.15, -0.1) is 0 Å². The van der Waals surface area contributed by atoms with E-state index in [4.69, 9.17) is 9.47 Å². The van der Waals surface area contributed by atoms with Gasteiger partial charge in [0.05, 0.1) is 11.1 Å². The van der Waals surface area contributed by atoms with Crippen LogP contribution in [0.1, 0.15) is 113 Å². The van der Waals surface area contributed by atoms with E-state index in [9.17, 15) is 9.59 Å². The van der Waals surface area contributed by atoms with Gasteiger partial charge in [0, 0.05) is 0 Å². The predicted molar refractivity (Wildman–Crippen MR) is 114 cm³/mol. The van der Waals surface area contributed by atoms with Crippen molar-refractivity contribution in [2.45, 2.75) is 104 Å². The lowest BCUT2D eigenvalue weighted by Gasteiger charge is -2.19. The summed E-state index contributed by atoms with van der Waals surface area (Å²) in [6.07, 6.45) is 9.67. The van der Waals surface area contributed by atoms with Crippen molar-refractivity contribution < 1.29 is 19.1 Å². The topological polar surface area (TPSA) is 52.6 Å². The summed E-state index contributed by atoms with van der Waals surface area (Å²) < 4.78 is 11.4. The van der Waals surface area contributed by atoms with Crippen molar-refractivity contribution >= 4 is 11.9 Å². The second-order valence-corrected chi connectivity index (χ2v) is 7.41. The van der Waals surface area contributed by atoms with Gasteiger partial charge in [0.25, 0.3) is 0 Å². The molecule has 0 heterocycles. The van der Waals surface area contributed by atoms with Crippen LogP contribution in [-0.4, -0.2) is 24.1 Å². The van der Waals surface area contributed by atoms with Gasteiger partial charge in [-0.1, -0.05) is 65.5 Å². The number of ether oxygens (including phenoxy) is 2. The number of hydrogen-bond donors (Lipinski definition) is 0. The lowest BCUT2D eigenvalue weighted by Crippen LogP contribution is -2.22. The number of rotatable bonds is 14. The first-order valence-corrected chi connectivity index (χ1v) is 11.1. The zero-order chi connectivity index (χ0) is 20.8. The Labute approximate surface area is 171 Å². The number of carbonyl (C=O) groups excluding carboxylic acids is 2. The van der Waals surface area contributed by atoms with Crippen molar-refractivity contribution in [1.29, 1.82) is 0 Å². The molecule has 0 amide bonds. The monoisotopic (exact) mass is 390 g/mol. The van der Waals surface area contributed by atoms with E-state index in [1.54, 1.807) is 24.3 Å². The van der Waals surface area contributed by atoms with Crippen molar-refractivity contribution in [1.82, 2.24) is 0 Å². The van der Waals surface area contributed by atoms with Gasteiger partial charge in [-0.3, -0.25) is 0 Å². The molecule has 2 unspecified atom stereocenters. The highest BCUT2D eigenvalue weighted by molar-refractivity contribution is 6.03. The highest BCUT2D eigenvalue weighted by Crippen LogP contribution is 2.19. The van der Waals surface area contributed by atoms with Gasteiger partial charge >= 0.3 is 11.9 Å². The van der Waals surface area contributed by atoms with Crippen LogP contribution in [0.25, 0.3) is 0 Å². The number of carbonyl (C=O) groups is 2. The first kappa shape index (κ1) is 24.2. The molecule has 0 N–H and O–H groups in total. The zero-order valence-corrected chi connectivity index (χ0v) is 18.2. The summed E-state index contributed by atoms with van der Waals surface area (Å²) in [7, 11) is 0. The van der Waals surface area contributed by atoms with E-state index in [1.165, 1.54) is 0 Å². The van der Waals surface area contributed by atoms with E-state index in [-0.39, 0.29) is 12.2 Å². The molecule has 1 rings (SSSR count). The number of unbranched alkanes of at least 4 members (excludes halogenated alkanes) is 4. The molecule has 0 aromatic heterocycles. The molecule has 0 aliphatic rings. The summed E-state index contributed by atoms with van der Waals surface area (Å²) in [5.74, 6) is -0.871. The molecular formula is C24H38O4. The fourth-order valence-corrected chi connectivity index (χ4v) is 3.21. The van der Waals surface area contributed by atoms with Crippen LogP contribution in [0.4, 0.5) is 0 Å². The second kappa shape index (κ2) is 14.2. The SMILES string of the molecule is CCCCCC(CC)OC(=O)c1ccccc1C(=O)OC(CC)CCCCC.